The minimum Gasteiger partial charge on any atom is -0.482 e. The SMILES string of the molecule is CN1CC=CCC1c1ccc2c(c1)Oc1ccccc1C21C2=CC=CCC2(C)Oc2cc(C3=CCCc4c5c(n(-c6ccccc6)c43)C=CCC5)ccc21. The first-order valence-corrected chi connectivity index (χ1v) is 19.7. The smallest absolute Gasteiger partial charge is 0.132 e. The van der Waals surface area contributed by atoms with E-state index in [9.17, 15) is 0 Å². The second-order valence-corrected chi connectivity index (χ2v) is 16.0. The van der Waals surface area contributed by atoms with Gasteiger partial charge in [-0.25, -0.2) is 0 Å². The molecule has 0 saturated heterocycles. The molecule has 1 spiro atoms. The number of likely N-dealkylation sites (N-methyl/N-ethyl adjacent to an activating group) is 1. The van der Waals surface area contributed by atoms with Crippen LogP contribution in [0.4, 0.5) is 0 Å². The van der Waals surface area contributed by atoms with Crippen molar-refractivity contribution in [3.8, 4) is 22.9 Å². The molecule has 3 atom stereocenters. The van der Waals surface area contributed by atoms with Gasteiger partial charge in [-0.15, -0.1) is 0 Å². The number of hydrogen-bond donors (Lipinski definition) is 0. The molecule has 4 nitrogen and oxygen atoms in total. The van der Waals surface area contributed by atoms with Gasteiger partial charge in [0.25, 0.3) is 0 Å². The van der Waals surface area contributed by atoms with Crippen molar-refractivity contribution in [1.29, 1.82) is 0 Å². The van der Waals surface area contributed by atoms with Gasteiger partial charge in [0.15, 0.2) is 0 Å². The number of nitrogens with zero attached hydrogens (tertiary/aromatic N) is 2. The Balaban J connectivity index is 1.13. The van der Waals surface area contributed by atoms with Crippen LogP contribution in [-0.4, -0.2) is 28.7 Å². The van der Waals surface area contributed by atoms with E-state index < -0.39 is 11.0 Å². The van der Waals surface area contributed by atoms with Crippen LogP contribution in [0.1, 0.15) is 89.0 Å². The molecule has 11 rings (SSSR count). The Kier molecular flexibility index (Phi) is 7.07. The predicted molar refractivity (Wildman–Crippen MR) is 218 cm³/mol. The highest BCUT2D eigenvalue weighted by Gasteiger charge is 2.57. The molecule has 0 bridgehead atoms. The van der Waals surface area contributed by atoms with Crippen molar-refractivity contribution in [2.45, 2.75) is 62.5 Å². The third kappa shape index (κ3) is 4.47. The van der Waals surface area contributed by atoms with Gasteiger partial charge in [-0.2, -0.15) is 0 Å². The van der Waals surface area contributed by atoms with Crippen molar-refractivity contribution in [3.05, 3.63) is 189 Å². The molecule has 1 aromatic heterocycles. The fourth-order valence-electron chi connectivity index (χ4n) is 10.5. The maximum absolute atomic E-state index is 7.31. The molecule has 3 aliphatic heterocycles. The van der Waals surface area contributed by atoms with E-state index in [0.29, 0.717) is 6.04 Å². The van der Waals surface area contributed by atoms with Crippen LogP contribution in [0, 0.1) is 0 Å². The van der Waals surface area contributed by atoms with Gasteiger partial charge in [0.1, 0.15) is 22.8 Å². The topological polar surface area (TPSA) is 26.6 Å². The van der Waals surface area contributed by atoms with Crippen LogP contribution in [0.3, 0.4) is 0 Å². The third-order valence-corrected chi connectivity index (χ3v) is 12.9. The van der Waals surface area contributed by atoms with E-state index in [-0.39, 0.29) is 0 Å². The lowest BCUT2D eigenvalue weighted by atomic mass is 9.57. The second kappa shape index (κ2) is 12.0. The van der Waals surface area contributed by atoms with Gasteiger partial charge in [0, 0.05) is 52.7 Å². The summed E-state index contributed by atoms with van der Waals surface area (Å²) >= 11 is 0. The van der Waals surface area contributed by atoms with E-state index in [4.69, 9.17) is 9.47 Å². The Morgan fingerprint density at radius 2 is 1.56 bits per heavy atom. The lowest BCUT2D eigenvalue weighted by Crippen LogP contribution is -2.51. The minimum atomic E-state index is -0.590. The first-order chi connectivity index (χ1) is 26.5. The molecule has 5 aromatic rings. The number of hydrogen-bond acceptors (Lipinski definition) is 3. The lowest BCUT2D eigenvalue weighted by molar-refractivity contribution is 0.1000. The van der Waals surface area contributed by atoms with Crippen LogP contribution in [0.15, 0.2) is 139 Å². The largest absolute Gasteiger partial charge is 0.482 e. The number of ether oxygens (including phenoxy) is 2. The van der Waals surface area contributed by atoms with Crippen molar-refractivity contribution in [2.75, 3.05) is 13.6 Å². The third-order valence-electron chi connectivity index (χ3n) is 12.9. The Morgan fingerprint density at radius 3 is 2.46 bits per heavy atom. The predicted octanol–water partition coefficient (Wildman–Crippen LogP) is 11.2. The standard InChI is InChI=1S/C50H44N2O2/c1-49-29-12-10-24-47(49)50(39-20-7-9-23-44(39)53-45-32-34(26-28-40(45)50)42-21-11-13-30-51(42)2)41-27-25-33(31-46(41)54-49)36-18-14-19-38-37-17-6-8-22-43(37)52(48(36)38)35-15-4-3-5-16-35/h3-5,7-13,15-16,18,20,22-28,31-32,42H,6,14,17,19,21,29-30H2,1-2H3. The van der Waals surface area contributed by atoms with Gasteiger partial charge < -0.3 is 14.0 Å². The van der Waals surface area contributed by atoms with Crippen LogP contribution in [0.2, 0.25) is 0 Å². The summed E-state index contributed by atoms with van der Waals surface area (Å²) in [5.74, 6) is 2.79. The van der Waals surface area contributed by atoms with Crippen LogP contribution in [-0.2, 0) is 18.3 Å². The van der Waals surface area contributed by atoms with Gasteiger partial charge in [0.05, 0.1) is 11.1 Å². The highest BCUT2D eigenvalue weighted by atomic mass is 16.5. The normalized spacial score (nSPS) is 24.5. The van der Waals surface area contributed by atoms with Crippen LogP contribution >= 0.6 is 0 Å². The molecule has 0 N–H and O–H groups in total. The maximum atomic E-state index is 7.31. The highest BCUT2D eigenvalue weighted by molar-refractivity contribution is 5.86. The van der Waals surface area contributed by atoms with Gasteiger partial charge in [0.2, 0.25) is 0 Å². The van der Waals surface area contributed by atoms with E-state index in [0.717, 1.165) is 62.3 Å². The molecule has 0 fully saturated rings. The molecule has 4 heterocycles. The molecule has 54 heavy (non-hydrogen) atoms. The van der Waals surface area contributed by atoms with Gasteiger partial charge in [-0.05, 0) is 110 Å². The van der Waals surface area contributed by atoms with Gasteiger partial charge >= 0.3 is 0 Å². The molecule has 3 unspecified atom stereocenters. The molecular weight excluding hydrogens is 661 g/mol. The summed E-state index contributed by atoms with van der Waals surface area (Å²) in [4.78, 5) is 2.43. The minimum absolute atomic E-state index is 0.313. The highest BCUT2D eigenvalue weighted by Crippen LogP contribution is 2.63. The first-order valence-electron chi connectivity index (χ1n) is 19.7. The van der Waals surface area contributed by atoms with Gasteiger partial charge in [-0.1, -0.05) is 103 Å². The number of allylic oxidation sites excluding steroid dienone is 4. The fraction of sp³-hybridized carbons (Fsp3) is 0.240. The maximum Gasteiger partial charge on any atom is 0.132 e. The lowest BCUT2D eigenvalue weighted by Gasteiger charge is -2.53. The summed E-state index contributed by atoms with van der Waals surface area (Å²) < 4.78 is 16.7. The van der Waals surface area contributed by atoms with Crippen LogP contribution in [0.25, 0.3) is 17.3 Å². The zero-order valence-corrected chi connectivity index (χ0v) is 31.0. The molecule has 4 aromatic carbocycles. The molecule has 3 aliphatic carbocycles. The van der Waals surface area contributed by atoms with Crippen LogP contribution < -0.4 is 9.47 Å². The van der Waals surface area contributed by atoms with Crippen molar-refractivity contribution in [3.63, 3.8) is 0 Å². The van der Waals surface area contributed by atoms with E-state index in [1.54, 1.807) is 0 Å². The first kappa shape index (κ1) is 31.9. The van der Waals surface area contributed by atoms with Crippen molar-refractivity contribution < 1.29 is 9.47 Å². The second-order valence-electron chi connectivity index (χ2n) is 16.0. The zero-order chi connectivity index (χ0) is 36.0. The number of para-hydroxylation sites is 2. The number of aromatic nitrogens is 1. The average Bonchev–Trinajstić information content (AvgIpc) is 3.55. The summed E-state index contributed by atoms with van der Waals surface area (Å²) in [5.41, 5.74) is 14.3. The number of rotatable bonds is 3. The van der Waals surface area contributed by atoms with E-state index in [1.165, 1.54) is 67.2 Å². The summed E-state index contributed by atoms with van der Waals surface area (Å²) in [6.45, 7) is 3.24. The van der Waals surface area contributed by atoms with Gasteiger partial charge in [-0.3, -0.25) is 4.90 Å². The van der Waals surface area contributed by atoms with E-state index in [1.807, 2.05) is 0 Å². The zero-order valence-electron chi connectivity index (χ0n) is 31.0. The molecule has 0 saturated carbocycles. The summed E-state index contributed by atoms with van der Waals surface area (Å²) in [7, 11) is 2.22. The molecular formula is C50H44N2O2. The summed E-state index contributed by atoms with van der Waals surface area (Å²) in [5, 5.41) is 0. The molecule has 6 aliphatic rings. The van der Waals surface area contributed by atoms with Crippen LogP contribution in [0.5, 0.6) is 17.2 Å². The monoisotopic (exact) mass is 704 g/mol. The van der Waals surface area contributed by atoms with E-state index >= 15 is 0 Å². The Hall–Kier alpha value is -5.58. The van der Waals surface area contributed by atoms with E-state index in [2.05, 4.69) is 163 Å². The Morgan fingerprint density at radius 1 is 0.741 bits per heavy atom. The van der Waals surface area contributed by atoms with Crippen molar-refractivity contribution in [2.24, 2.45) is 0 Å². The Bertz CT molecular complexity index is 2530. The fourth-order valence-corrected chi connectivity index (χ4v) is 10.5. The summed E-state index contributed by atoms with van der Waals surface area (Å²) in [6.07, 6.45) is 24.6. The average molecular weight is 705 g/mol. The quantitative estimate of drug-likeness (QED) is 0.175. The Labute approximate surface area is 318 Å². The number of fused-ring (bicyclic) bond motifs is 11. The molecule has 0 amide bonds. The van der Waals surface area contributed by atoms with Crippen molar-refractivity contribution in [1.82, 2.24) is 9.47 Å². The summed E-state index contributed by atoms with van der Waals surface area (Å²) in [6, 6.07) is 34.0. The molecule has 266 valence electrons. The molecule has 0 radical (unpaired) electrons. The molecule has 4 heteroatoms. The van der Waals surface area contributed by atoms with Crippen molar-refractivity contribution >= 4 is 11.6 Å². The number of benzene rings is 4.